The predicted molar refractivity (Wildman–Crippen MR) is 60.7 cm³/mol. The van der Waals surface area contributed by atoms with Crippen molar-refractivity contribution in [2.24, 2.45) is 0 Å². The number of aromatic nitrogens is 3. The molecule has 1 aromatic heterocycles. The lowest BCUT2D eigenvalue weighted by molar-refractivity contribution is 0.132. The van der Waals surface area contributed by atoms with Gasteiger partial charge < -0.3 is 15.5 Å². The molecule has 1 rings (SSSR count). The molecule has 6 nitrogen and oxygen atoms in total. The first-order valence-corrected chi connectivity index (χ1v) is 5.38. The highest BCUT2D eigenvalue weighted by molar-refractivity contribution is 6.32. The Kier molecular flexibility index (Phi) is 4.67. The highest BCUT2D eigenvalue weighted by atomic mass is 35.5. The molecule has 0 aliphatic carbocycles. The maximum absolute atomic E-state index is 9.24. The molecule has 0 unspecified atom stereocenters. The van der Waals surface area contributed by atoms with E-state index in [-0.39, 0.29) is 29.5 Å². The number of halogens is 2. The first kappa shape index (κ1) is 13.4. The maximum Gasteiger partial charge on any atom is 0.245 e. The van der Waals surface area contributed by atoms with Gasteiger partial charge in [0.05, 0.1) is 18.8 Å². The van der Waals surface area contributed by atoms with Crippen molar-refractivity contribution >= 4 is 29.0 Å². The number of nitrogens with one attached hydrogen (secondary N) is 1. The van der Waals surface area contributed by atoms with Crippen molar-refractivity contribution in [1.29, 1.82) is 0 Å². The Morgan fingerprint density at radius 1 is 1.25 bits per heavy atom. The molecule has 0 saturated carbocycles. The SMILES string of the molecule is CCC(CO)(CO)Nc1nc(Cl)nnc1Cl. The molecule has 1 heterocycles. The summed E-state index contributed by atoms with van der Waals surface area (Å²) in [5, 5.41) is 28.3. The van der Waals surface area contributed by atoms with Crippen LogP contribution in [0.3, 0.4) is 0 Å². The summed E-state index contributed by atoms with van der Waals surface area (Å²) in [6, 6.07) is 0. The molecule has 0 aromatic carbocycles. The average molecular weight is 267 g/mol. The Labute approximate surface area is 103 Å². The summed E-state index contributed by atoms with van der Waals surface area (Å²) in [5.74, 6) is 0.187. The van der Waals surface area contributed by atoms with Crippen molar-refractivity contribution < 1.29 is 10.2 Å². The van der Waals surface area contributed by atoms with Crippen LogP contribution < -0.4 is 5.32 Å². The summed E-state index contributed by atoms with van der Waals surface area (Å²) < 4.78 is 0. The van der Waals surface area contributed by atoms with Crippen molar-refractivity contribution in [3.63, 3.8) is 0 Å². The largest absolute Gasteiger partial charge is 0.394 e. The van der Waals surface area contributed by atoms with Crippen LogP contribution in [0.15, 0.2) is 0 Å². The maximum atomic E-state index is 9.24. The Morgan fingerprint density at radius 3 is 2.38 bits per heavy atom. The van der Waals surface area contributed by atoms with Gasteiger partial charge in [-0.3, -0.25) is 0 Å². The second-order valence-corrected chi connectivity index (χ2v) is 3.99. The molecule has 0 fully saturated rings. The van der Waals surface area contributed by atoms with E-state index >= 15 is 0 Å². The van der Waals surface area contributed by atoms with Gasteiger partial charge >= 0.3 is 0 Å². The van der Waals surface area contributed by atoms with E-state index in [1.165, 1.54) is 0 Å². The molecule has 0 atom stereocenters. The molecule has 0 spiro atoms. The van der Waals surface area contributed by atoms with Gasteiger partial charge in [-0.25, -0.2) is 0 Å². The Bertz CT molecular complexity index is 352. The van der Waals surface area contributed by atoms with E-state index in [1.54, 1.807) is 0 Å². The van der Waals surface area contributed by atoms with Crippen LogP contribution in [0.5, 0.6) is 0 Å². The molecule has 0 aliphatic heterocycles. The zero-order valence-electron chi connectivity index (χ0n) is 8.61. The monoisotopic (exact) mass is 266 g/mol. The van der Waals surface area contributed by atoms with Crippen LogP contribution in [-0.4, -0.2) is 44.1 Å². The first-order chi connectivity index (χ1) is 7.56. The zero-order chi connectivity index (χ0) is 12.2. The molecular weight excluding hydrogens is 255 g/mol. The van der Waals surface area contributed by atoms with Gasteiger partial charge in [0, 0.05) is 0 Å². The number of rotatable bonds is 5. The van der Waals surface area contributed by atoms with E-state index in [1.807, 2.05) is 6.92 Å². The van der Waals surface area contributed by atoms with Crippen LogP contribution in [0.25, 0.3) is 0 Å². The summed E-state index contributed by atoms with van der Waals surface area (Å²) in [6.45, 7) is 1.28. The second-order valence-electron chi connectivity index (χ2n) is 3.30. The van der Waals surface area contributed by atoms with Crippen LogP contribution in [0.1, 0.15) is 13.3 Å². The predicted octanol–water partition coefficient (Wildman–Crippen LogP) is 0.724. The summed E-state index contributed by atoms with van der Waals surface area (Å²) in [6.07, 6.45) is 0.484. The minimum atomic E-state index is -0.900. The normalized spacial score (nSPS) is 11.6. The van der Waals surface area contributed by atoms with Crippen molar-refractivity contribution in [3.05, 3.63) is 10.4 Å². The first-order valence-electron chi connectivity index (χ1n) is 4.62. The van der Waals surface area contributed by atoms with Gasteiger partial charge in [-0.2, -0.15) is 4.98 Å². The van der Waals surface area contributed by atoms with Gasteiger partial charge in [0.2, 0.25) is 5.28 Å². The Balaban J connectivity index is 2.97. The number of aliphatic hydroxyl groups is 2. The lowest BCUT2D eigenvalue weighted by atomic mass is 9.99. The fourth-order valence-corrected chi connectivity index (χ4v) is 1.31. The highest BCUT2D eigenvalue weighted by Gasteiger charge is 2.28. The zero-order valence-corrected chi connectivity index (χ0v) is 10.1. The van der Waals surface area contributed by atoms with Crippen molar-refractivity contribution in [2.45, 2.75) is 18.9 Å². The van der Waals surface area contributed by atoms with Crippen molar-refractivity contribution in [2.75, 3.05) is 18.5 Å². The van der Waals surface area contributed by atoms with Gasteiger partial charge in [0.25, 0.3) is 0 Å². The minimum absolute atomic E-state index is 0.0316. The van der Waals surface area contributed by atoms with E-state index in [4.69, 9.17) is 23.2 Å². The average Bonchev–Trinajstić information content (AvgIpc) is 2.31. The number of nitrogens with zero attached hydrogens (tertiary/aromatic N) is 3. The fraction of sp³-hybridized carbons (Fsp3) is 0.625. The quantitative estimate of drug-likeness (QED) is 0.728. The molecule has 0 saturated heterocycles. The number of hydrogen-bond acceptors (Lipinski definition) is 6. The summed E-state index contributed by atoms with van der Waals surface area (Å²) >= 11 is 11.3. The fourth-order valence-electron chi connectivity index (χ4n) is 1.07. The van der Waals surface area contributed by atoms with Gasteiger partial charge in [0.1, 0.15) is 0 Å². The molecule has 0 aliphatic rings. The highest BCUT2D eigenvalue weighted by Crippen LogP contribution is 2.22. The van der Waals surface area contributed by atoms with Gasteiger partial charge in [-0.05, 0) is 18.0 Å². The molecule has 16 heavy (non-hydrogen) atoms. The molecule has 0 radical (unpaired) electrons. The molecule has 0 bridgehead atoms. The van der Waals surface area contributed by atoms with E-state index in [9.17, 15) is 10.2 Å². The van der Waals surface area contributed by atoms with E-state index in [0.29, 0.717) is 6.42 Å². The number of hydrogen-bond donors (Lipinski definition) is 3. The van der Waals surface area contributed by atoms with E-state index in [2.05, 4.69) is 20.5 Å². The molecule has 0 amide bonds. The lowest BCUT2D eigenvalue weighted by Crippen LogP contribution is -2.45. The van der Waals surface area contributed by atoms with Crippen LogP contribution >= 0.6 is 23.2 Å². The van der Waals surface area contributed by atoms with Gasteiger partial charge in [0.15, 0.2) is 11.0 Å². The second kappa shape index (κ2) is 5.58. The smallest absolute Gasteiger partial charge is 0.245 e. The Morgan fingerprint density at radius 2 is 1.88 bits per heavy atom. The third-order valence-corrected chi connectivity index (χ3v) is 2.70. The topological polar surface area (TPSA) is 91.2 Å². The summed E-state index contributed by atoms with van der Waals surface area (Å²) in [4.78, 5) is 3.83. The third-order valence-electron chi connectivity index (χ3n) is 2.29. The van der Waals surface area contributed by atoms with Crippen LogP contribution in [0.2, 0.25) is 10.4 Å². The molecule has 8 heteroatoms. The van der Waals surface area contributed by atoms with Gasteiger partial charge in [-0.15, -0.1) is 10.2 Å². The third kappa shape index (κ3) is 2.91. The molecular formula is C8H12Cl2N4O2. The molecule has 90 valence electrons. The minimum Gasteiger partial charge on any atom is -0.394 e. The molecule has 1 aromatic rings. The standard InChI is InChI=1S/C8H12Cl2N4O2/c1-2-8(3-15,4-16)12-6-5(9)13-14-7(10)11-6/h15-16H,2-4H2,1H3,(H,11,12,14). The van der Waals surface area contributed by atoms with Crippen LogP contribution in [0.4, 0.5) is 5.82 Å². The lowest BCUT2D eigenvalue weighted by Gasteiger charge is -2.30. The number of aliphatic hydroxyl groups excluding tert-OH is 2. The molecule has 3 N–H and O–H groups in total. The Hall–Kier alpha value is -0.690. The van der Waals surface area contributed by atoms with Gasteiger partial charge in [-0.1, -0.05) is 18.5 Å². The van der Waals surface area contributed by atoms with E-state index in [0.717, 1.165) is 0 Å². The summed E-state index contributed by atoms with van der Waals surface area (Å²) in [7, 11) is 0. The van der Waals surface area contributed by atoms with Crippen molar-refractivity contribution in [1.82, 2.24) is 15.2 Å². The van der Waals surface area contributed by atoms with Crippen LogP contribution in [-0.2, 0) is 0 Å². The summed E-state index contributed by atoms with van der Waals surface area (Å²) in [5.41, 5.74) is -0.900. The van der Waals surface area contributed by atoms with Crippen LogP contribution in [0, 0.1) is 0 Å². The van der Waals surface area contributed by atoms with Crippen molar-refractivity contribution in [3.8, 4) is 0 Å². The number of anilines is 1. The van der Waals surface area contributed by atoms with E-state index < -0.39 is 5.54 Å².